The fourth-order valence-corrected chi connectivity index (χ4v) is 2.82. The summed E-state index contributed by atoms with van der Waals surface area (Å²) in [6.45, 7) is 9.91. The predicted octanol–water partition coefficient (Wildman–Crippen LogP) is 5.72. The number of benzene rings is 2. The molecule has 2 rings (SSSR count). The summed E-state index contributed by atoms with van der Waals surface area (Å²) in [6, 6.07) is 9.94. The van der Waals surface area contributed by atoms with Gasteiger partial charge in [0.1, 0.15) is 5.75 Å². The number of carbonyl (C=O) groups is 1. The van der Waals surface area contributed by atoms with Crippen LogP contribution < -0.4 is 0 Å². The zero-order valence-corrected chi connectivity index (χ0v) is 15.7. The summed E-state index contributed by atoms with van der Waals surface area (Å²) in [6.07, 6.45) is 6.01. The maximum Gasteiger partial charge on any atom is 0.189 e. The van der Waals surface area contributed by atoms with Gasteiger partial charge in [-0.25, -0.2) is 0 Å². The Labute approximate surface area is 150 Å². The highest BCUT2D eigenvalue weighted by Crippen LogP contribution is 2.31. The van der Waals surface area contributed by atoms with Crippen LogP contribution in [-0.4, -0.2) is 10.9 Å². The van der Waals surface area contributed by atoms with Gasteiger partial charge in [-0.3, -0.25) is 4.79 Å². The summed E-state index contributed by atoms with van der Waals surface area (Å²) in [5.41, 5.74) is 6.35. The third-order valence-electron chi connectivity index (χ3n) is 4.29. The molecule has 0 bridgehead atoms. The molecule has 2 heteroatoms. The second kappa shape index (κ2) is 7.98. The lowest BCUT2D eigenvalue weighted by atomic mass is 9.93. The molecule has 0 aliphatic rings. The van der Waals surface area contributed by atoms with E-state index >= 15 is 0 Å². The average molecular weight is 334 g/mol. The van der Waals surface area contributed by atoms with Gasteiger partial charge in [0.25, 0.3) is 0 Å². The third-order valence-corrected chi connectivity index (χ3v) is 4.29. The highest BCUT2D eigenvalue weighted by molar-refractivity contribution is 6.10. The lowest BCUT2D eigenvalue weighted by molar-refractivity contribution is 0.104. The molecule has 0 amide bonds. The third kappa shape index (κ3) is 4.69. The van der Waals surface area contributed by atoms with E-state index in [2.05, 4.69) is 6.08 Å². The van der Waals surface area contributed by atoms with Gasteiger partial charge in [-0.2, -0.15) is 0 Å². The van der Waals surface area contributed by atoms with Gasteiger partial charge in [-0.05, 0) is 63.8 Å². The van der Waals surface area contributed by atoms with Crippen LogP contribution in [0.5, 0.6) is 5.75 Å². The van der Waals surface area contributed by atoms with Crippen molar-refractivity contribution in [3.05, 3.63) is 81.4 Å². The Morgan fingerprint density at radius 1 is 1.04 bits per heavy atom. The topological polar surface area (TPSA) is 37.3 Å². The van der Waals surface area contributed by atoms with Gasteiger partial charge in [0.05, 0.1) is 5.56 Å². The van der Waals surface area contributed by atoms with Crippen molar-refractivity contribution in [1.29, 1.82) is 0 Å². The van der Waals surface area contributed by atoms with E-state index in [1.54, 1.807) is 6.08 Å². The molecule has 130 valence electrons. The summed E-state index contributed by atoms with van der Waals surface area (Å²) in [5.74, 6) is -0.0671. The smallest absolute Gasteiger partial charge is 0.189 e. The molecule has 0 heterocycles. The molecule has 0 fully saturated rings. The first-order valence-electron chi connectivity index (χ1n) is 8.54. The van der Waals surface area contributed by atoms with E-state index in [1.165, 1.54) is 17.2 Å². The number of rotatable bonds is 5. The van der Waals surface area contributed by atoms with Gasteiger partial charge < -0.3 is 5.11 Å². The number of hydrogen-bond acceptors (Lipinski definition) is 2. The number of carbonyl (C=O) groups excluding carboxylic acids is 1. The van der Waals surface area contributed by atoms with Crippen LogP contribution in [0, 0.1) is 20.8 Å². The number of allylic oxidation sites excluding steroid dienone is 3. The molecule has 0 spiro atoms. The summed E-state index contributed by atoms with van der Waals surface area (Å²) in [4.78, 5) is 12.7. The molecule has 2 nitrogen and oxygen atoms in total. The van der Waals surface area contributed by atoms with Crippen molar-refractivity contribution in [3.63, 3.8) is 0 Å². The second-order valence-electron chi connectivity index (χ2n) is 6.81. The maximum atomic E-state index is 12.7. The Hall–Kier alpha value is -2.61. The molecule has 0 aliphatic heterocycles. The van der Waals surface area contributed by atoms with Gasteiger partial charge >= 0.3 is 0 Å². The molecule has 0 radical (unpaired) electrons. The first-order valence-corrected chi connectivity index (χ1v) is 8.54. The molecule has 2 aromatic rings. The standard InChI is InChI=1S/C23H26O2/c1-15(2)6-12-20-17(4)14-18(5)22(23(20)25)21(24)13-11-19-9-7-16(3)8-10-19/h6-11,13-14,25H,12H2,1-5H3. The number of aryl methyl sites for hydroxylation is 3. The SMILES string of the molecule is CC(C)=CCc1c(C)cc(C)c(C(=O)C=Cc2ccc(C)cc2)c1O. The van der Waals surface area contributed by atoms with E-state index in [-0.39, 0.29) is 11.5 Å². The van der Waals surface area contributed by atoms with E-state index < -0.39 is 0 Å². The predicted molar refractivity (Wildman–Crippen MR) is 105 cm³/mol. The normalized spacial score (nSPS) is 10.9. The number of phenols is 1. The van der Waals surface area contributed by atoms with E-state index in [9.17, 15) is 9.90 Å². The van der Waals surface area contributed by atoms with Gasteiger partial charge in [0.15, 0.2) is 5.78 Å². The quantitative estimate of drug-likeness (QED) is 0.431. The molecule has 0 aliphatic carbocycles. The van der Waals surface area contributed by atoms with Gasteiger partial charge in [0, 0.05) is 5.56 Å². The van der Waals surface area contributed by atoms with Crippen LogP contribution in [-0.2, 0) is 6.42 Å². The molecular weight excluding hydrogens is 308 g/mol. The lowest BCUT2D eigenvalue weighted by Gasteiger charge is -2.13. The zero-order chi connectivity index (χ0) is 18.6. The zero-order valence-electron chi connectivity index (χ0n) is 15.7. The monoisotopic (exact) mass is 334 g/mol. The van der Waals surface area contributed by atoms with Crippen LogP contribution >= 0.6 is 0 Å². The number of hydrogen-bond donors (Lipinski definition) is 1. The summed E-state index contributed by atoms with van der Waals surface area (Å²) >= 11 is 0. The number of phenolic OH excluding ortho intramolecular Hbond substituents is 1. The minimum absolute atomic E-state index is 0.105. The highest BCUT2D eigenvalue weighted by atomic mass is 16.3. The minimum Gasteiger partial charge on any atom is -0.507 e. The Bertz CT molecular complexity index is 833. The summed E-state index contributed by atoms with van der Waals surface area (Å²) in [7, 11) is 0. The Morgan fingerprint density at radius 3 is 2.28 bits per heavy atom. The van der Waals surface area contributed by atoms with Crippen LogP contribution in [0.3, 0.4) is 0 Å². The van der Waals surface area contributed by atoms with Crippen molar-refractivity contribution in [1.82, 2.24) is 0 Å². The number of aromatic hydroxyl groups is 1. The molecule has 1 N–H and O–H groups in total. The molecule has 0 atom stereocenters. The number of ketones is 1. The summed E-state index contributed by atoms with van der Waals surface area (Å²) < 4.78 is 0. The molecule has 0 saturated heterocycles. The fourth-order valence-electron chi connectivity index (χ4n) is 2.82. The lowest BCUT2D eigenvalue weighted by Crippen LogP contribution is -2.03. The molecule has 0 aromatic heterocycles. The molecule has 0 unspecified atom stereocenters. The highest BCUT2D eigenvalue weighted by Gasteiger charge is 2.17. The Kier molecular flexibility index (Phi) is 5.97. The van der Waals surface area contributed by atoms with Crippen molar-refractivity contribution in [2.24, 2.45) is 0 Å². The van der Waals surface area contributed by atoms with Crippen molar-refractivity contribution in [3.8, 4) is 5.75 Å². The van der Waals surface area contributed by atoms with E-state index in [4.69, 9.17) is 0 Å². The second-order valence-corrected chi connectivity index (χ2v) is 6.81. The van der Waals surface area contributed by atoms with Crippen LogP contribution in [0.25, 0.3) is 6.08 Å². The van der Waals surface area contributed by atoms with Gasteiger partial charge in [-0.15, -0.1) is 0 Å². The first-order chi connectivity index (χ1) is 11.8. The first kappa shape index (κ1) is 18.7. The van der Waals surface area contributed by atoms with Crippen molar-refractivity contribution in [2.45, 2.75) is 41.0 Å². The van der Waals surface area contributed by atoms with E-state index in [0.717, 1.165) is 22.3 Å². The van der Waals surface area contributed by atoms with Gasteiger partial charge in [-0.1, -0.05) is 53.6 Å². The van der Waals surface area contributed by atoms with Crippen molar-refractivity contribution >= 4 is 11.9 Å². The molecule has 2 aromatic carbocycles. The Balaban J connectivity index is 2.37. The van der Waals surface area contributed by atoms with Crippen LogP contribution in [0.15, 0.2) is 48.1 Å². The summed E-state index contributed by atoms with van der Waals surface area (Å²) in [5, 5.41) is 10.7. The largest absolute Gasteiger partial charge is 0.507 e. The molecular formula is C23H26O2. The maximum absolute atomic E-state index is 12.7. The fraction of sp³-hybridized carbons (Fsp3) is 0.261. The molecule has 25 heavy (non-hydrogen) atoms. The van der Waals surface area contributed by atoms with E-state index in [0.29, 0.717) is 12.0 Å². The minimum atomic E-state index is -0.172. The Morgan fingerprint density at radius 2 is 1.68 bits per heavy atom. The average Bonchev–Trinajstić information content (AvgIpc) is 2.53. The van der Waals surface area contributed by atoms with Gasteiger partial charge in [0.2, 0.25) is 0 Å². The van der Waals surface area contributed by atoms with Crippen LogP contribution in [0.4, 0.5) is 0 Å². The molecule has 0 saturated carbocycles. The van der Waals surface area contributed by atoms with Crippen LogP contribution in [0.1, 0.15) is 52.0 Å². The van der Waals surface area contributed by atoms with E-state index in [1.807, 2.05) is 65.0 Å². The van der Waals surface area contributed by atoms with Crippen molar-refractivity contribution < 1.29 is 9.90 Å². The van der Waals surface area contributed by atoms with Crippen molar-refractivity contribution in [2.75, 3.05) is 0 Å². The van der Waals surface area contributed by atoms with Crippen LogP contribution in [0.2, 0.25) is 0 Å².